The van der Waals surface area contributed by atoms with Crippen LogP contribution in [0.15, 0.2) is 28.0 Å². The molecule has 2 aromatic rings. The number of hydrogen-bond donors (Lipinski definition) is 0. The van der Waals surface area contributed by atoms with Crippen molar-refractivity contribution in [3.63, 3.8) is 0 Å². The molecule has 3 aliphatic heterocycles. The number of thioether (sulfide) groups is 1. The molecule has 10 heteroatoms. The van der Waals surface area contributed by atoms with Crippen molar-refractivity contribution < 1.29 is 9.53 Å². The van der Waals surface area contributed by atoms with E-state index in [0.717, 1.165) is 51.2 Å². The van der Waals surface area contributed by atoms with E-state index in [4.69, 9.17) is 21.9 Å². The van der Waals surface area contributed by atoms with E-state index in [1.54, 1.807) is 21.6 Å². The van der Waals surface area contributed by atoms with Crippen LogP contribution in [-0.4, -0.2) is 81.9 Å². The maximum Gasteiger partial charge on any atom is 0.267 e. The number of carbonyl (C=O) groups excluding carboxylic acids is 1. The molecule has 0 bridgehead atoms. The summed E-state index contributed by atoms with van der Waals surface area (Å²) in [5.41, 5.74) is 1.82. The lowest BCUT2D eigenvalue weighted by Crippen LogP contribution is -2.45. The van der Waals surface area contributed by atoms with Gasteiger partial charge in [0.2, 0.25) is 0 Å². The summed E-state index contributed by atoms with van der Waals surface area (Å²) >= 11 is 6.74. The van der Waals surface area contributed by atoms with E-state index in [-0.39, 0.29) is 17.6 Å². The second-order valence-electron chi connectivity index (χ2n) is 8.81. The SMILES string of the molecule is Cc1ccc2nc(N3CCN(C)CC3)c(/C=C3\SC(=S)N(CC4CCCO4)C3=O)c(=O)n2c1. The molecule has 3 fully saturated rings. The van der Waals surface area contributed by atoms with Gasteiger partial charge < -0.3 is 14.5 Å². The molecule has 174 valence electrons. The van der Waals surface area contributed by atoms with Crippen LogP contribution >= 0.6 is 24.0 Å². The highest BCUT2D eigenvalue weighted by atomic mass is 32.2. The summed E-state index contributed by atoms with van der Waals surface area (Å²) in [6, 6.07) is 3.81. The molecular formula is C23H27N5O3S2. The van der Waals surface area contributed by atoms with Gasteiger partial charge in [0.1, 0.15) is 15.8 Å². The highest BCUT2D eigenvalue weighted by Crippen LogP contribution is 2.34. The molecule has 0 radical (unpaired) electrons. The Morgan fingerprint density at radius 2 is 2.03 bits per heavy atom. The lowest BCUT2D eigenvalue weighted by molar-refractivity contribution is -0.123. The van der Waals surface area contributed by atoms with Gasteiger partial charge in [-0.2, -0.15) is 0 Å². The van der Waals surface area contributed by atoms with Crippen LogP contribution in [0.3, 0.4) is 0 Å². The van der Waals surface area contributed by atoms with Crippen LogP contribution in [0.1, 0.15) is 24.0 Å². The predicted octanol–water partition coefficient (Wildman–Crippen LogP) is 2.13. The van der Waals surface area contributed by atoms with Crippen molar-refractivity contribution >= 4 is 51.7 Å². The van der Waals surface area contributed by atoms with Gasteiger partial charge in [-0.3, -0.25) is 18.9 Å². The van der Waals surface area contributed by atoms with E-state index in [1.807, 2.05) is 19.1 Å². The second-order valence-corrected chi connectivity index (χ2v) is 10.5. The number of anilines is 1. The molecule has 1 amide bonds. The Morgan fingerprint density at radius 1 is 1.24 bits per heavy atom. The Hall–Kier alpha value is -2.27. The first-order chi connectivity index (χ1) is 15.9. The van der Waals surface area contributed by atoms with Crippen LogP contribution < -0.4 is 10.5 Å². The lowest BCUT2D eigenvalue weighted by Gasteiger charge is -2.34. The molecule has 0 N–H and O–H groups in total. The van der Waals surface area contributed by atoms with E-state index >= 15 is 0 Å². The molecule has 0 spiro atoms. The molecular weight excluding hydrogens is 458 g/mol. The number of piperazine rings is 1. The van der Waals surface area contributed by atoms with Crippen molar-refractivity contribution in [2.45, 2.75) is 25.9 Å². The van der Waals surface area contributed by atoms with Gasteiger partial charge in [-0.05, 0) is 44.5 Å². The molecule has 2 aromatic heterocycles. The summed E-state index contributed by atoms with van der Waals surface area (Å²) in [5, 5.41) is 0. The molecule has 8 nitrogen and oxygen atoms in total. The zero-order chi connectivity index (χ0) is 23.1. The smallest absolute Gasteiger partial charge is 0.267 e. The van der Waals surface area contributed by atoms with Gasteiger partial charge in [0.25, 0.3) is 11.5 Å². The average molecular weight is 486 g/mol. The van der Waals surface area contributed by atoms with Crippen LogP contribution in [0.5, 0.6) is 0 Å². The van der Waals surface area contributed by atoms with Crippen molar-refractivity contribution in [3.05, 3.63) is 44.7 Å². The lowest BCUT2D eigenvalue weighted by atomic mass is 10.2. The zero-order valence-electron chi connectivity index (χ0n) is 18.8. The maximum absolute atomic E-state index is 13.6. The molecule has 0 aromatic carbocycles. The van der Waals surface area contributed by atoms with Crippen molar-refractivity contribution in [2.75, 3.05) is 51.3 Å². The third kappa shape index (κ3) is 4.44. The van der Waals surface area contributed by atoms with E-state index < -0.39 is 0 Å². The number of fused-ring (bicyclic) bond motifs is 1. The number of ether oxygens (including phenoxy) is 1. The van der Waals surface area contributed by atoms with Gasteiger partial charge in [0.15, 0.2) is 0 Å². The average Bonchev–Trinajstić information content (AvgIpc) is 3.41. The predicted molar refractivity (Wildman–Crippen MR) is 135 cm³/mol. The molecule has 1 unspecified atom stereocenters. The van der Waals surface area contributed by atoms with E-state index in [2.05, 4.69) is 16.8 Å². The molecule has 0 saturated carbocycles. The standard InChI is InChI=1S/C23H27N5O3S2/c1-15-5-6-19-24-20(26-9-7-25(2)8-10-26)17(21(29)27(19)13-15)12-18-22(30)28(23(32)33-18)14-16-4-3-11-31-16/h5-6,12-13,16H,3-4,7-11,14H2,1-2H3/b18-12-. The minimum Gasteiger partial charge on any atom is -0.376 e. The van der Waals surface area contributed by atoms with Crippen LogP contribution in [0, 0.1) is 6.92 Å². The molecule has 3 aliphatic rings. The van der Waals surface area contributed by atoms with Crippen molar-refractivity contribution in [1.29, 1.82) is 0 Å². The first kappa shape index (κ1) is 22.5. The molecule has 5 rings (SSSR count). The largest absolute Gasteiger partial charge is 0.376 e. The summed E-state index contributed by atoms with van der Waals surface area (Å²) in [6.45, 7) is 6.44. The molecule has 0 aliphatic carbocycles. The van der Waals surface area contributed by atoms with Crippen molar-refractivity contribution in [3.8, 4) is 0 Å². The number of aromatic nitrogens is 2. The number of hydrogen-bond acceptors (Lipinski definition) is 8. The van der Waals surface area contributed by atoms with Gasteiger partial charge in [0.05, 0.1) is 23.1 Å². The summed E-state index contributed by atoms with van der Waals surface area (Å²) < 4.78 is 7.76. The van der Waals surface area contributed by atoms with E-state index in [0.29, 0.717) is 32.8 Å². The maximum atomic E-state index is 13.6. The molecule has 3 saturated heterocycles. The first-order valence-corrected chi connectivity index (χ1v) is 12.5. The fourth-order valence-electron chi connectivity index (χ4n) is 4.41. The Kier molecular flexibility index (Phi) is 6.26. The van der Waals surface area contributed by atoms with Crippen LogP contribution in [0.2, 0.25) is 0 Å². The van der Waals surface area contributed by atoms with Gasteiger partial charge >= 0.3 is 0 Å². The summed E-state index contributed by atoms with van der Waals surface area (Å²) in [6.07, 6.45) is 5.43. The monoisotopic (exact) mass is 485 g/mol. The summed E-state index contributed by atoms with van der Waals surface area (Å²) in [7, 11) is 2.09. The molecule has 33 heavy (non-hydrogen) atoms. The summed E-state index contributed by atoms with van der Waals surface area (Å²) in [4.78, 5) is 38.1. The number of carbonyl (C=O) groups is 1. The van der Waals surface area contributed by atoms with Gasteiger partial charge in [0, 0.05) is 39.0 Å². The number of rotatable bonds is 4. The zero-order valence-corrected chi connectivity index (χ0v) is 20.5. The minimum atomic E-state index is -0.179. The fraction of sp³-hybridized carbons (Fsp3) is 0.478. The van der Waals surface area contributed by atoms with Crippen molar-refractivity contribution in [2.24, 2.45) is 0 Å². The Morgan fingerprint density at radius 3 is 2.76 bits per heavy atom. The van der Waals surface area contributed by atoms with Crippen LogP contribution in [0.4, 0.5) is 5.82 Å². The highest BCUT2D eigenvalue weighted by Gasteiger charge is 2.35. The second kappa shape index (κ2) is 9.17. The first-order valence-electron chi connectivity index (χ1n) is 11.2. The Bertz CT molecular complexity index is 1200. The third-order valence-electron chi connectivity index (χ3n) is 6.35. The van der Waals surface area contributed by atoms with E-state index in [9.17, 15) is 9.59 Å². The summed E-state index contributed by atoms with van der Waals surface area (Å²) in [5.74, 6) is 0.458. The fourth-order valence-corrected chi connectivity index (χ4v) is 5.67. The number of likely N-dealkylation sites (N-methyl/N-ethyl adjacent to an activating group) is 1. The molecule has 5 heterocycles. The van der Waals surface area contributed by atoms with Gasteiger partial charge in [-0.25, -0.2) is 4.98 Å². The minimum absolute atomic E-state index is 0.0173. The topological polar surface area (TPSA) is 70.4 Å². The quantitative estimate of drug-likeness (QED) is 0.482. The van der Waals surface area contributed by atoms with Crippen molar-refractivity contribution in [1.82, 2.24) is 19.2 Å². The molecule has 1 atom stereocenters. The Balaban J connectivity index is 1.56. The number of pyridine rings is 1. The third-order valence-corrected chi connectivity index (χ3v) is 7.73. The number of amides is 1. The van der Waals surface area contributed by atoms with Crippen LogP contribution in [0.25, 0.3) is 11.7 Å². The number of thiocarbonyl (C=S) groups is 1. The normalized spacial score (nSPS) is 23.5. The number of aryl methyl sites for hydroxylation is 1. The number of nitrogens with zero attached hydrogens (tertiary/aromatic N) is 5. The Labute approximate surface area is 202 Å². The van der Waals surface area contributed by atoms with Crippen LogP contribution in [-0.2, 0) is 9.53 Å². The highest BCUT2D eigenvalue weighted by molar-refractivity contribution is 8.26. The van der Waals surface area contributed by atoms with E-state index in [1.165, 1.54) is 11.8 Å². The van der Waals surface area contributed by atoms with Gasteiger partial charge in [-0.1, -0.05) is 30.0 Å². The van der Waals surface area contributed by atoms with Gasteiger partial charge in [-0.15, -0.1) is 0 Å².